The van der Waals surface area contributed by atoms with E-state index in [4.69, 9.17) is 0 Å². The summed E-state index contributed by atoms with van der Waals surface area (Å²) in [5.74, 6) is 0.740. The lowest BCUT2D eigenvalue weighted by Crippen LogP contribution is -2.43. The van der Waals surface area contributed by atoms with E-state index in [-0.39, 0.29) is 0 Å². The van der Waals surface area contributed by atoms with Crippen molar-refractivity contribution in [2.24, 2.45) is 0 Å². The molecule has 140 valence electrons. The van der Waals surface area contributed by atoms with Gasteiger partial charge in [0.1, 0.15) is 0 Å². The van der Waals surface area contributed by atoms with Crippen molar-refractivity contribution in [1.29, 1.82) is 0 Å². The second kappa shape index (κ2) is 10.5. The average Bonchev–Trinajstić information content (AvgIpc) is 2.71. The summed E-state index contributed by atoms with van der Waals surface area (Å²) in [5.41, 5.74) is 2.95. The Balaban J connectivity index is 1.59. The second-order valence-corrected chi connectivity index (χ2v) is 7.78. The van der Waals surface area contributed by atoms with Gasteiger partial charge in [-0.05, 0) is 61.4 Å². The van der Waals surface area contributed by atoms with Gasteiger partial charge < -0.3 is 4.90 Å². The molecule has 1 fully saturated rings. The van der Waals surface area contributed by atoms with Crippen LogP contribution in [0.4, 0.5) is 0 Å². The minimum atomic E-state index is 0.740. The molecular weight excluding hydrogens is 316 g/mol. The molecule has 0 spiro atoms. The van der Waals surface area contributed by atoms with Crippen LogP contribution in [0.3, 0.4) is 0 Å². The van der Waals surface area contributed by atoms with Crippen LogP contribution >= 0.6 is 0 Å². The summed E-state index contributed by atoms with van der Waals surface area (Å²) in [4.78, 5) is 6.91. The van der Waals surface area contributed by atoms with Crippen molar-refractivity contribution in [3.63, 3.8) is 0 Å². The SMILES string of the molecule is CCCCCCC1CC(c2ccccc2)CCN1CCc1ccncc1. The number of aromatic nitrogens is 1. The lowest BCUT2D eigenvalue weighted by molar-refractivity contribution is 0.126. The van der Waals surface area contributed by atoms with E-state index in [0.29, 0.717) is 0 Å². The lowest BCUT2D eigenvalue weighted by Gasteiger charge is -2.40. The summed E-state index contributed by atoms with van der Waals surface area (Å²) in [6.07, 6.45) is 14.4. The van der Waals surface area contributed by atoms with Crippen LogP contribution in [0.5, 0.6) is 0 Å². The van der Waals surface area contributed by atoms with Crippen molar-refractivity contribution in [1.82, 2.24) is 9.88 Å². The van der Waals surface area contributed by atoms with Gasteiger partial charge in [0.2, 0.25) is 0 Å². The van der Waals surface area contributed by atoms with E-state index in [1.807, 2.05) is 12.4 Å². The van der Waals surface area contributed by atoms with Gasteiger partial charge in [0.15, 0.2) is 0 Å². The zero-order chi connectivity index (χ0) is 18.0. The molecule has 2 heteroatoms. The molecule has 1 aromatic heterocycles. The van der Waals surface area contributed by atoms with Gasteiger partial charge in [0, 0.05) is 25.0 Å². The maximum atomic E-state index is 4.14. The van der Waals surface area contributed by atoms with Crippen molar-refractivity contribution < 1.29 is 0 Å². The fraction of sp³-hybridized carbons (Fsp3) is 0.542. The van der Waals surface area contributed by atoms with Crippen LogP contribution < -0.4 is 0 Å². The molecule has 26 heavy (non-hydrogen) atoms. The monoisotopic (exact) mass is 350 g/mol. The number of rotatable bonds is 9. The molecule has 2 aromatic rings. The van der Waals surface area contributed by atoms with Gasteiger partial charge in [-0.1, -0.05) is 62.9 Å². The Kier molecular flexibility index (Phi) is 7.69. The highest BCUT2D eigenvalue weighted by Crippen LogP contribution is 2.33. The van der Waals surface area contributed by atoms with Crippen molar-refractivity contribution in [3.05, 3.63) is 66.0 Å². The molecule has 1 saturated heterocycles. The molecular formula is C24H34N2. The van der Waals surface area contributed by atoms with Crippen LogP contribution in [0, 0.1) is 0 Å². The van der Waals surface area contributed by atoms with E-state index in [2.05, 4.69) is 59.3 Å². The molecule has 0 amide bonds. The molecule has 1 aromatic carbocycles. The van der Waals surface area contributed by atoms with Gasteiger partial charge in [-0.25, -0.2) is 0 Å². The van der Waals surface area contributed by atoms with Gasteiger partial charge >= 0.3 is 0 Å². The molecule has 0 saturated carbocycles. The predicted molar refractivity (Wildman–Crippen MR) is 110 cm³/mol. The number of unbranched alkanes of at least 4 members (excludes halogenated alkanes) is 3. The third kappa shape index (κ3) is 5.67. The molecule has 0 radical (unpaired) electrons. The maximum Gasteiger partial charge on any atom is 0.0270 e. The minimum Gasteiger partial charge on any atom is -0.300 e. The van der Waals surface area contributed by atoms with Crippen molar-refractivity contribution in [3.8, 4) is 0 Å². The Morgan fingerprint density at radius 3 is 2.58 bits per heavy atom. The first-order valence-corrected chi connectivity index (χ1v) is 10.5. The molecule has 2 atom stereocenters. The highest BCUT2D eigenvalue weighted by atomic mass is 15.2. The minimum absolute atomic E-state index is 0.740. The highest BCUT2D eigenvalue weighted by Gasteiger charge is 2.28. The topological polar surface area (TPSA) is 16.1 Å². The van der Waals surface area contributed by atoms with Crippen molar-refractivity contribution in [2.45, 2.75) is 70.3 Å². The third-order valence-electron chi connectivity index (χ3n) is 5.94. The average molecular weight is 351 g/mol. The Labute approximate surface area is 159 Å². The Morgan fingerprint density at radius 2 is 1.81 bits per heavy atom. The number of nitrogens with zero attached hydrogens (tertiary/aromatic N) is 2. The van der Waals surface area contributed by atoms with Gasteiger partial charge in [-0.3, -0.25) is 4.98 Å². The number of benzene rings is 1. The van der Waals surface area contributed by atoms with Crippen molar-refractivity contribution >= 4 is 0 Å². The van der Waals surface area contributed by atoms with Gasteiger partial charge in [-0.15, -0.1) is 0 Å². The zero-order valence-corrected chi connectivity index (χ0v) is 16.3. The number of hydrogen-bond donors (Lipinski definition) is 0. The van der Waals surface area contributed by atoms with E-state index in [1.54, 1.807) is 5.56 Å². The molecule has 0 N–H and O–H groups in total. The number of piperidine rings is 1. The van der Waals surface area contributed by atoms with Crippen LogP contribution in [0.25, 0.3) is 0 Å². The van der Waals surface area contributed by atoms with Crippen LogP contribution in [0.15, 0.2) is 54.9 Å². The van der Waals surface area contributed by atoms with Crippen LogP contribution in [-0.2, 0) is 6.42 Å². The molecule has 1 aliphatic heterocycles. The summed E-state index contributed by atoms with van der Waals surface area (Å²) in [6, 6.07) is 16.2. The quantitative estimate of drug-likeness (QED) is 0.528. The molecule has 1 aliphatic rings. The first-order valence-electron chi connectivity index (χ1n) is 10.5. The first-order chi connectivity index (χ1) is 12.9. The molecule has 0 aliphatic carbocycles. The summed E-state index contributed by atoms with van der Waals surface area (Å²) < 4.78 is 0. The maximum absolute atomic E-state index is 4.14. The van der Waals surface area contributed by atoms with E-state index >= 15 is 0 Å². The second-order valence-electron chi connectivity index (χ2n) is 7.78. The van der Waals surface area contributed by atoms with E-state index in [0.717, 1.165) is 18.4 Å². The number of hydrogen-bond acceptors (Lipinski definition) is 2. The summed E-state index contributed by atoms with van der Waals surface area (Å²) in [5, 5.41) is 0. The van der Waals surface area contributed by atoms with Gasteiger partial charge in [0.25, 0.3) is 0 Å². The summed E-state index contributed by atoms with van der Waals surface area (Å²) in [6.45, 7) is 4.72. The Hall–Kier alpha value is -1.67. The van der Waals surface area contributed by atoms with E-state index in [9.17, 15) is 0 Å². The molecule has 0 bridgehead atoms. The van der Waals surface area contributed by atoms with Gasteiger partial charge in [0.05, 0.1) is 0 Å². The predicted octanol–water partition coefficient (Wildman–Crippen LogP) is 5.84. The third-order valence-corrected chi connectivity index (χ3v) is 5.94. The fourth-order valence-electron chi connectivity index (χ4n) is 4.35. The number of likely N-dealkylation sites (tertiary alicyclic amines) is 1. The molecule has 2 heterocycles. The highest BCUT2D eigenvalue weighted by molar-refractivity contribution is 5.20. The van der Waals surface area contributed by atoms with Gasteiger partial charge in [-0.2, -0.15) is 0 Å². The van der Waals surface area contributed by atoms with E-state index < -0.39 is 0 Å². The molecule has 2 unspecified atom stereocenters. The molecule has 3 rings (SSSR count). The largest absolute Gasteiger partial charge is 0.300 e. The Morgan fingerprint density at radius 1 is 1.00 bits per heavy atom. The van der Waals surface area contributed by atoms with Crippen LogP contribution in [0.1, 0.15) is 68.9 Å². The van der Waals surface area contributed by atoms with E-state index in [1.165, 1.54) is 63.6 Å². The Bertz CT molecular complexity index is 611. The lowest BCUT2D eigenvalue weighted by atomic mass is 9.83. The first kappa shape index (κ1) is 19.1. The number of pyridine rings is 1. The molecule has 2 nitrogen and oxygen atoms in total. The fourth-order valence-corrected chi connectivity index (χ4v) is 4.35. The van der Waals surface area contributed by atoms with Crippen molar-refractivity contribution in [2.75, 3.05) is 13.1 Å². The standard InChI is InChI=1S/C24H34N2/c1-2-3-4-8-11-24-20-23(22-9-6-5-7-10-22)15-19-26(24)18-14-21-12-16-25-17-13-21/h5-7,9-10,12-13,16-17,23-24H,2-4,8,11,14-15,18-20H2,1H3. The van der Waals surface area contributed by atoms with Crippen LogP contribution in [-0.4, -0.2) is 29.0 Å². The zero-order valence-electron chi connectivity index (χ0n) is 16.3. The smallest absolute Gasteiger partial charge is 0.0270 e. The summed E-state index contributed by atoms with van der Waals surface area (Å²) in [7, 11) is 0. The normalized spacial score (nSPS) is 21.0. The van der Waals surface area contributed by atoms with Crippen LogP contribution in [0.2, 0.25) is 0 Å². The summed E-state index contributed by atoms with van der Waals surface area (Å²) >= 11 is 0.